The normalized spacial score (nSPS) is 12.1. The molecule has 0 fully saturated rings. The molecule has 0 rings (SSSR count). The Kier molecular flexibility index (Phi) is 8.17. The molecular weight excluding hydrogens is 187 g/mol. The molecule has 90 valence electrons. The van der Waals surface area contributed by atoms with Crippen LogP contribution in [0.25, 0.3) is 0 Å². The van der Waals surface area contributed by atoms with Crippen molar-refractivity contribution < 1.29 is 9.39 Å². The fourth-order valence-electron chi connectivity index (χ4n) is 1.21. The van der Waals surface area contributed by atoms with Crippen LogP contribution < -0.4 is 0 Å². The van der Waals surface area contributed by atoms with Crippen molar-refractivity contribution in [2.75, 3.05) is 13.2 Å². The molecule has 0 aromatic carbocycles. The Morgan fingerprint density at radius 1 is 1.20 bits per heavy atom. The lowest BCUT2D eigenvalue weighted by Crippen LogP contribution is -2.27. The Morgan fingerprint density at radius 3 is 2.40 bits per heavy atom. The third-order valence-electron chi connectivity index (χ3n) is 2.38. The van der Waals surface area contributed by atoms with E-state index in [2.05, 4.69) is 34.6 Å². The molecule has 0 bridgehead atoms. The average Bonchev–Trinajstić information content (AvgIpc) is 2.11. The maximum absolute atomic E-state index is 5.84. The first-order valence-electron chi connectivity index (χ1n) is 6.19. The molecular formula is C12H27BO2. The van der Waals surface area contributed by atoms with Crippen molar-refractivity contribution >= 4 is 7.48 Å². The van der Waals surface area contributed by atoms with Gasteiger partial charge in [0.15, 0.2) is 0 Å². The Hall–Kier alpha value is -0.0151. The van der Waals surface area contributed by atoms with Gasteiger partial charge in [-0.1, -0.05) is 27.1 Å². The molecule has 15 heavy (non-hydrogen) atoms. The van der Waals surface area contributed by atoms with Crippen molar-refractivity contribution in [1.29, 1.82) is 0 Å². The van der Waals surface area contributed by atoms with Crippen molar-refractivity contribution in [2.45, 2.75) is 59.4 Å². The van der Waals surface area contributed by atoms with Crippen LogP contribution in [0.2, 0.25) is 6.32 Å². The minimum absolute atomic E-state index is 0.0391. The van der Waals surface area contributed by atoms with E-state index in [4.69, 9.17) is 9.39 Å². The van der Waals surface area contributed by atoms with Gasteiger partial charge in [-0.25, -0.2) is 0 Å². The summed E-state index contributed by atoms with van der Waals surface area (Å²) in [5, 5.41) is 0. The second-order valence-corrected chi connectivity index (χ2v) is 5.15. The monoisotopic (exact) mass is 214 g/mol. The molecule has 3 heteroatoms. The Bertz CT molecular complexity index is 147. The van der Waals surface area contributed by atoms with E-state index in [-0.39, 0.29) is 5.60 Å². The fourth-order valence-corrected chi connectivity index (χ4v) is 1.21. The summed E-state index contributed by atoms with van der Waals surface area (Å²) < 4.78 is 11.3. The van der Waals surface area contributed by atoms with Gasteiger partial charge < -0.3 is 9.39 Å². The summed E-state index contributed by atoms with van der Waals surface area (Å²) in [6.45, 7) is 12.5. The van der Waals surface area contributed by atoms with Gasteiger partial charge in [0.25, 0.3) is 7.48 Å². The Labute approximate surface area is 96.0 Å². The summed E-state index contributed by atoms with van der Waals surface area (Å²) in [7, 11) is 0.863. The lowest BCUT2D eigenvalue weighted by atomic mass is 9.97. The van der Waals surface area contributed by atoms with Crippen LogP contribution in [0.3, 0.4) is 0 Å². The summed E-state index contributed by atoms with van der Waals surface area (Å²) in [6.07, 6.45) is 3.21. The third-order valence-corrected chi connectivity index (χ3v) is 2.38. The topological polar surface area (TPSA) is 18.5 Å². The van der Waals surface area contributed by atoms with Crippen molar-refractivity contribution in [3.63, 3.8) is 0 Å². The predicted molar refractivity (Wildman–Crippen MR) is 67.7 cm³/mol. The first-order valence-corrected chi connectivity index (χ1v) is 6.19. The number of hydrogen-bond acceptors (Lipinski definition) is 2. The molecule has 0 N–H and O–H groups in total. The molecule has 0 radical (unpaired) electrons. The average molecular weight is 214 g/mol. The molecule has 2 nitrogen and oxygen atoms in total. The SMILES string of the molecule is CCBOCCC(C)(C)OCCC(C)C. The highest BCUT2D eigenvalue weighted by Crippen LogP contribution is 2.15. The summed E-state index contributed by atoms with van der Waals surface area (Å²) in [5.74, 6) is 0.720. The van der Waals surface area contributed by atoms with Crippen LogP contribution in [0.4, 0.5) is 0 Å². The first kappa shape index (κ1) is 15.0. The molecule has 0 aromatic rings. The molecule has 0 aliphatic rings. The van der Waals surface area contributed by atoms with Gasteiger partial charge in [-0.05, 0) is 32.6 Å². The van der Waals surface area contributed by atoms with E-state index in [9.17, 15) is 0 Å². The van der Waals surface area contributed by atoms with E-state index in [0.717, 1.165) is 45.8 Å². The second kappa shape index (κ2) is 8.17. The van der Waals surface area contributed by atoms with E-state index < -0.39 is 0 Å². The van der Waals surface area contributed by atoms with Crippen molar-refractivity contribution in [3.05, 3.63) is 0 Å². The lowest BCUT2D eigenvalue weighted by molar-refractivity contribution is -0.0345. The van der Waals surface area contributed by atoms with Gasteiger partial charge in [0.2, 0.25) is 0 Å². The minimum atomic E-state index is -0.0391. The predicted octanol–water partition coefficient (Wildman–Crippen LogP) is 3.02. The highest BCUT2D eigenvalue weighted by Gasteiger charge is 2.17. The van der Waals surface area contributed by atoms with Crippen LogP contribution in [-0.2, 0) is 9.39 Å². The first-order chi connectivity index (χ1) is 6.98. The zero-order valence-corrected chi connectivity index (χ0v) is 11.1. The zero-order valence-electron chi connectivity index (χ0n) is 11.1. The molecule has 0 aromatic heterocycles. The van der Waals surface area contributed by atoms with Crippen LogP contribution in [0.1, 0.15) is 47.5 Å². The van der Waals surface area contributed by atoms with Gasteiger partial charge in [-0.3, -0.25) is 0 Å². The highest BCUT2D eigenvalue weighted by atomic mass is 16.5. The third kappa shape index (κ3) is 10.3. The van der Waals surface area contributed by atoms with Gasteiger partial charge >= 0.3 is 0 Å². The van der Waals surface area contributed by atoms with E-state index in [0.29, 0.717) is 0 Å². The molecule has 0 saturated carbocycles. The summed E-state index contributed by atoms with van der Waals surface area (Å²) in [4.78, 5) is 0. The molecule has 0 heterocycles. The van der Waals surface area contributed by atoms with Crippen molar-refractivity contribution in [3.8, 4) is 0 Å². The summed E-state index contributed by atoms with van der Waals surface area (Å²) >= 11 is 0. The Balaban J connectivity index is 3.48. The van der Waals surface area contributed by atoms with Crippen LogP contribution >= 0.6 is 0 Å². The minimum Gasteiger partial charge on any atom is -0.439 e. The molecule has 0 spiro atoms. The van der Waals surface area contributed by atoms with Gasteiger partial charge in [0.1, 0.15) is 0 Å². The smallest absolute Gasteiger partial charge is 0.274 e. The molecule has 0 aliphatic heterocycles. The number of ether oxygens (including phenoxy) is 1. The Morgan fingerprint density at radius 2 is 1.87 bits per heavy atom. The van der Waals surface area contributed by atoms with E-state index in [1.165, 1.54) is 0 Å². The molecule has 0 aliphatic carbocycles. The lowest BCUT2D eigenvalue weighted by Gasteiger charge is -2.25. The van der Waals surface area contributed by atoms with Crippen LogP contribution in [0.15, 0.2) is 0 Å². The largest absolute Gasteiger partial charge is 0.439 e. The summed E-state index contributed by atoms with van der Waals surface area (Å²) in [6, 6.07) is 0. The van der Waals surface area contributed by atoms with Crippen molar-refractivity contribution in [1.82, 2.24) is 0 Å². The second-order valence-electron chi connectivity index (χ2n) is 5.15. The van der Waals surface area contributed by atoms with Gasteiger partial charge in [0, 0.05) is 13.2 Å². The van der Waals surface area contributed by atoms with E-state index in [1.54, 1.807) is 0 Å². The fraction of sp³-hybridized carbons (Fsp3) is 1.00. The van der Waals surface area contributed by atoms with Crippen LogP contribution in [0, 0.1) is 5.92 Å². The van der Waals surface area contributed by atoms with E-state index >= 15 is 0 Å². The number of hydrogen-bond donors (Lipinski definition) is 0. The van der Waals surface area contributed by atoms with Gasteiger partial charge in [-0.15, -0.1) is 0 Å². The van der Waals surface area contributed by atoms with Gasteiger partial charge in [-0.2, -0.15) is 0 Å². The summed E-state index contributed by atoms with van der Waals surface area (Å²) in [5.41, 5.74) is -0.0391. The maximum atomic E-state index is 5.84. The maximum Gasteiger partial charge on any atom is 0.274 e. The highest BCUT2D eigenvalue weighted by molar-refractivity contribution is 6.26. The molecule has 0 unspecified atom stereocenters. The van der Waals surface area contributed by atoms with Crippen LogP contribution in [0.5, 0.6) is 0 Å². The van der Waals surface area contributed by atoms with Gasteiger partial charge in [0.05, 0.1) is 5.60 Å². The number of rotatable bonds is 9. The molecule has 0 atom stereocenters. The molecule has 0 saturated heterocycles. The standard InChI is InChI=1S/C12H27BO2/c1-6-13-15-10-8-12(4,5)14-9-7-11(2)3/h11,13H,6-10H2,1-5H3. The molecule has 0 amide bonds. The quantitative estimate of drug-likeness (QED) is 0.434. The van der Waals surface area contributed by atoms with Crippen molar-refractivity contribution in [2.24, 2.45) is 5.92 Å². The van der Waals surface area contributed by atoms with E-state index in [1.807, 2.05) is 0 Å². The zero-order chi connectivity index (χ0) is 11.7. The van der Waals surface area contributed by atoms with Crippen LogP contribution in [-0.4, -0.2) is 26.3 Å².